The van der Waals surface area contributed by atoms with Gasteiger partial charge in [-0.25, -0.2) is 4.79 Å². The molecule has 1 heterocycles. The van der Waals surface area contributed by atoms with Crippen LogP contribution in [0, 0.1) is 0 Å². The van der Waals surface area contributed by atoms with Gasteiger partial charge in [0.1, 0.15) is 0 Å². The number of thioether (sulfide) groups is 1. The van der Waals surface area contributed by atoms with Gasteiger partial charge < -0.3 is 24.3 Å². The number of anilines is 1. The molecule has 1 N–H and O–H groups in total. The maximum atomic E-state index is 12.8. The Bertz CT molecular complexity index is 1060. The van der Waals surface area contributed by atoms with E-state index in [1.807, 2.05) is 0 Å². The summed E-state index contributed by atoms with van der Waals surface area (Å²) in [5.41, 5.74) is 1.36. The smallest absolute Gasteiger partial charge is 0.339 e. The molecule has 2 amide bonds. The summed E-state index contributed by atoms with van der Waals surface area (Å²) in [6.45, 7) is -0.106. The Labute approximate surface area is 189 Å². The lowest BCUT2D eigenvalue weighted by Gasteiger charge is -2.16. The number of carbonyl (C=O) groups excluding carboxylic acids is 3. The van der Waals surface area contributed by atoms with Gasteiger partial charge in [-0.1, -0.05) is 12.1 Å². The number of rotatable bonds is 8. The van der Waals surface area contributed by atoms with Crippen molar-refractivity contribution in [1.29, 1.82) is 0 Å². The van der Waals surface area contributed by atoms with Crippen molar-refractivity contribution in [2.45, 2.75) is 0 Å². The van der Waals surface area contributed by atoms with Gasteiger partial charge in [0, 0.05) is 0 Å². The molecule has 1 fully saturated rings. The molecule has 1 aliphatic heterocycles. The molecule has 0 unspecified atom stereocenters. The highest BCUT2D eigenvalue weighted by atomic mass is 32.2. The number of ether oxygens (including phenoxy) is 4. The molecule has 0 atom stereocenters. The van der Waals surface area contributed by atoms with Crippen LogP contribution >= 0.6 is 11.8 Å². The molecular formula is C22H22N2O7S. The third-order valence-corrected chi connectivity index (χ3v) is 5.53. The number of imide groups is 1. The number of amides is 2. The van der Waals surface area contributed by atoms with Gasteiger partial charge in [-0.3, -0.25) is 14.5 Å². The number of hydrogen-bond donors (Lipinski definition) is 1. The minimum absolute atomic E-state index is 0.106. The van der Waals surface area contributed by atoms with Crippen LogP contribution in [0.2, 0.25) is 0 Å². The van der Waals surface area contributed by atoms with Crippen LogP contribution in [0.15, 0.2) is 41.3 Å². The molecule has 0 saturated carbocycles. The van der Waals surface area contributed by atoms with Gasteiger partial charge in [-0.05, 0) is 47.7 Å². The fourth-order valence-corrected chi connectivity index (χ4v) is 3.90. The maximum absolute atomic E-state index is 12.8. The summed E-state index contributed by atoms with van der Waals surface area (Å²) in [5.74, 6) is 0.298. The first kappa shape index (κ1) is 23.0. The van der Waals surface area contributed by atoms with Gasteiger partial charge >= 0.3 is 5.97 Å². The zero-order valence-electron chi connectivity index (χ0n) is 18.0. The molecular weight excluding hydrogens is 436 g/mol. The van der Waals surface area contributed by atoms with Crippen molar-refractivity contribution >= 4 is 40.6 Å². The average Bonchev–Trinajstić information content (AvgIpc) is 3.08. The molecule has 1 aliphatic rings. The van der Waals surface area contributed by atoms with E-state index in [1.54, 1.807) is 42.5 Å². The Morgan fingerprint density at radius 2 is 1.69 bits per heavy atom. The van der Waals surface area contributed by atoms with Crippen molar-refractivity contribution in [3.63, 3.8) is 0 Å². The second-order valence-corrected chi connectivity index (χ2v) is 7.43. The summed E-state index contributed by atoms with van der Waals surface area (Å²) in [6.07, 6.45) is 1.58. The third kappa shape index (κ3) is 4.65. The van der Waals surface area contributed by atoms with E-state index in [1.165, 1.54) is 28.4 Å². The SMILES string of the molecule is COC(=O)c1ccccc1NCN1C(=O)S/C(=C/c2cc(OC)c(OC)c(OC)c2)C1=O. The van der Waals surface area contributed by atoms with Crippen LogP contribution in [-0.4, -0.2) is 57.1 Å². The lowest BCUT2D eigenvalue weighted by molar-refractivity contribution is -0.122. The average molecular weight is 458 g/mol. The molecule has 0 radical (unpaired) electrons. The molecule has 2 aromatic rings. The summed E-state index contributed by atoms with van der Waals surface area (Å²) in [4.78, 5) is 38.5. The number of nitrogens with zero attached hydrogens (tertiary/aromatic N) is 1. The number of hydrogen-bond acceptors (Lipinski definition) is 9. The van der Waals surface area contributed by atoms with E-state index in [-0.39, 0.29) is 11.6 Å². The summed E-state index contributed by atoms with van der Waals surface area (Å²) >= 11 is 0.818. The van der Waals surface area contributed by atoms with Gasteiger partial charge in [0.15, 0.2) is 11.5 Å². The molecule has 32 heavy (non-hydrogen) atoms. The molecule has 3 rings (SSSR count). The van der Waals surface area contributed by atoms with Crippen LogP contribution in [0.5, 0.6) is 17.2 Å². The van der Waals surface area contributed by atoms with Gasteiger partial charge in [-0.15, -0.1) is 0 Å². The van der Waals surface area contributed by atoms with Crippen LogP contribution < -0.4 is 19.5 Å². The van der Waals surface area contributed by atoms with E-state index < -0.39 is 17.1 Å². The Morgan fingerprint density at radius 3 is 2.28 bits per heavy atom. The topological polar surface area (TPSA) is 103 Å². The van der Waals surface area contributed by atoms with Gasteiger partial charge in [-0.2, -0.15) is 0 Å². The van der Waals surface area contributed by atoms with Gasteiger partial charge in [0.05, 0.1) is 51.3 Å². The standard InChI is InChI=1S/C22H22N2O7S/c1-28-16-9-13(10-17(29-2)19(16)30-3)11-18-20(25)24(22(27)32-18)12-23-15-8-6-5-7-14(15)21(26)31-4/h5-11,23H,12H2,1-4H3/b18-11+. The van der Waals surface area contributed by atoms with Crippen molar-refractivity contribution in [1.82, 2.24) is 4.90 Å². The van der Waals surface area contributed by atoms with E-state index in [4.69, 9.17) is 18.9 Å². The lowest BCUT2D eigenvalue weighted by atomic mass is 10.1. The molecule has 0 aliphatic carbocycles. The molecule has 2 aromatic carbocycles. The monoisotopic (exact) mass is 458 g/mol. The normalized spacial score (nSPS) is 14.5. The molecule has 9 nitrogen and oxygen atoms in total. The summed E-state index contributed by atoms with van der Waals surface area (Å²) in [7, 11) is 5.76. The number of para-hydroxylation sites is 1. The Hall–Kier alpha value is -3.66. The van der Waals surface area contributed by atoms with E-state index in [0.29, 0.717) is 34.1 Å². The van der Waals surface area contributed by atoms with Crippen molar-refractivity contribution < 1.29 is 33.3 Å². The predicted octanol–water partition coefficient (Wildman–Crippen LogP) is 3.60. The first-order chi connectivity index (χ1) is 15.4. The number of carbonyl (C=O) groups is 3. The second-order valence-electron chi connectivity index (χ2n) is 6.44. The van der Waals surface area contributed by atoms with Crippen molar-refractivity contribution in [3.05, 3.63) is 52.4 Å². The zero-order valence-corrected chi connectivity index (χ0v) is 18.8. The Morgan fingerprint density at radius 1 is 1.03 bits per heavy atom. The number of methoxy groups -OCH3 is 4. The van der Waals surface area contributed by atoms with Crippen LogP contribution in [0.25, 0.3) is 6.08 Å². The molecule has 0 bridgehead atoms. The fraction of sp³-hybridized carbons (Fsp3) is 0.227. The largest absolute Gasteiger partial charge is 0.493 e. The quantitative estimate of drug-likeness (QED) is 0.469. The molecule has 1 saturated heterocycles. The van der Waals surface area contributed by atoms with E-state index in [2.05, 4.69) is 5.32 Å². The van der Waals surface area contributed by atoms with Crippen LogP contribution in [0.1, 0.15) is 15.9 Å². The highest BCUT2D eigenvalue weighted by molar-refractivity contribution is 8.18. The minimum Gasteiger partial charge on any atom is -0.493 e. The first-order valence-electron chi connectivity index (χ1n) is 9.40. The van der Waals surface area contributed by atoms with Crippen LogP contribution in [0.3, 0.4) is 0 Å². The van der Waals surface area contributed by atoms with Crippen molar-refractivity contribution in [3.8, 4) is 17.2 Å². The summed E-state index contributed by atoms with van der Waals surface area (Å²) in [6, 6.07) is 10.0. The number of benzene rings is 2. The zero-order chi connectivity index (χ0) is 23.3. The second kappa shape index (κ2) is 10.1. The number of nitrogens with one attached hydrogen (secondary N) is 1. The van der Waals surface area contributed by atoms with Crippen molar-refractivity contribution in [2.75, 3.05) is 40.4 Å². The Balaban J connectivity index is 1.81. The summed E-state index contributed by atoms with van der Waals surface area (Å²) in [5, 5.41) is 2.52. The Kier molecular flexibility index (Phi) is 7.26. The van der Waals surface area contributed by atoms with E-state index in [0.717, 1.165) is 16.7 Å². The molecule has 10 heteroatoms. The molecule has 0 aromatic heterocycles. The van der Waals surface area contributed by atoms with Gasteiger partial charge in [0.25, 0.3) is 11.1 Å². The minimum atomic E-state index is -0.524. The van der Waals surface area contributed by atoms with E-state index >= 15 is 0 Å². The highest BCUT2D eigenvalue weighted by Crippen LogP contribution is 2.40. The third-order valence-electron chi connectivity index (χ3n) is 4.62. The maximum Gasteiger partial charge on any atom is 0.339 e. The van der Waals surface area contributed by atoms with Gasteiger partial charge in [0.2, 0.25) is 5.75 Å². The van der Waals surface area contributed by atoms with E-state index in [9.17, 15) is 14.4 Å². The first-order valence-corrected chi connectivity index (χ1v) is 10.2. The highest BCUT2D eigenvalue weighted by Gasteiger charge is 2.35. The van der Waals surface area contributed by atoms with Crippen LogP contribution in [0.4, 0.5) is 10.5 Å². The summed E-state index contributed by atoms with van der Waals surface area (Å²) < 4.78 is 20.7. The predicted molar refractivity (Wildman–Crippen MR) is 120 cm³/mol. The molecule has 0 spiro atoms. The lowest BCUT2D eigenvalue weighted by Crippen LogP contribution is -2.33. The fourth-order valence-electron chi connectivity index (χ4n) is 3.06. The number of esters is 1. The molecule has 168 valence electrons. The van der Waals surface area contributed by atoms with Crippen molar-refractivity contribution in [2.24, 2.45) is 0 Å². The van der Waals surface area contributed by atoms with Crippen LogP contribution in [-0.2, 0) is 9.53 Å².